The molecule has 122 valence electrons. The number of carbonyl (C=O) groups excluding carboxylic acids is 1. The number of aromatic nitrogens is 1. The minimum Gasteiger partial charge on any atom is -0.462 e. The lowest BCUT2D eigenvalue weighted by molar-refractivity contribution is 0.0527. The molecule has 0 saturated carbocycles. The summed E-state index contributed by atoms with van der Waals surface area (Å²) in [6, 6.07) is 15.2. The van der Waals surface area contributed by atoms with Gasteiger partial charge in [-0.15, -0.1) is 0 Å². The Morgan fingerprint density at radius 3 is 2.67 bits per heavy atom. The van der Waals surface area contributed by atoms with E-state index in [0.717, 1.165) is 22.0 Å². The summed E-state index contributed by atoms with van der Waals surface area (Å²) in [7, 11) is 0. The maximum Gasteiger partial charge on any atom is 0.339 e. The van der Waals surface area contributed by atoms with Crippen LogP contribution in [0.1, 0.15) is 28.4 Å². The predicted octanol–water partition coefficient (Wildman–Crippen LogP) is 5.32. The Morgan fingerprint density at radius 2 is 1.96 bits per heavy atom. The molecule has 0 saturated heterocycles. The van der Waals surface area contributed by atoms with E-state index in [9.17, 15) is 4.79 Å². The number of rotatable bonds is 4. The van der Waals surface area contributed by atoms with E-state index < -0.39 is 0 Å². The molecule has 2 aromatic carbocycles. The number of H-pyrrole nitrogens is 1. The number of esters is 1. The number of ether oxygens (including phenoxy) is 1. The van der Waals surface area contributed by atoms with Crippen LogP contribution in [0.3, 0.4) is 0 Å². The molecule has 0 amide bonds. The number of carbonyl (C=O) groups is 1. The quantitative estimate of drug-likeness (QED) is 0.507. The number of hydrogen-bond acceptors (Lipinski definition) is 3. The van der Waals surface area contributed by atoms with Gasteiger partial charge in [0.2, 0.25) is 0 Å². The van der Waals surface area contributed by atoms with Crippen LogP contribution in [-0.2, 0) is 11.2 Å². The maximum atomic E-state index is 12.6. The molecule has 0 aliphatic heterocycles. The van der Waals surface area contributed by atoms with E-state index in [2.05, 4.69) is 4.98 Å². The molecule has 5 heteroatoms. The van der Waals surface area contributed by atoms with E-state index in [4.69, 9.17) is 28.6 Å². The first-order valence-electron chi connectivity index (χ1n) is 7.65. The average molecular weight is 358 g/mol. The highest BCUT2D eigenvalue weighted by atomic mass is 35.5. The Bertz CT molecular complexity index is 951. The van der Waals surface area contributed by atoms with E-state index in [0.29, 0.717) is 28.3 Å². The smallest absolute Gasteiger partial charge is 0.339 e. The molecule has 3 rings (SSSR count). The van der Waals surface area contributed by atoms with Gasteiger partial charge in [0.15, 0.2) is 0 Å². The Kier molecular flexibility index (Phi) is 4.97. The van der Waals surface area contributed by atoms with Crippen LogP contribution in [-0.4, -0.2) is 17.6 Å². The van der Waals surface area contributed by atoms with Crippen molar-refractivity contribution in [2.75, 3.05) is 6.61 Å². The van der Waals surface area contributed by atoms with E-state index in [1.54, 1.807) is 19.1 Å². The molecule has 1 aromatic heterocycles. The van der Waals surface area contributed by atoms with Gasteiger partial charge in [-0.2, -0.15) is 0 Å². The van der Waals surface area contributed by atoms with E-state index in [-0.39, 0.29) is 5.97 Å². The van der Waals surface area contributed by atoms with Crippen molar-refractivity contribution >= 4 is 40.7 Å². The zero-order valence-electron chi connectivity index (χ0n) is 13.1. The summed E-state index contributed by atoms with van der Waals surface area (Å²) in [6.07, 6.45) is 0.548. The third kappa shape index (κ3) is 3.35. The second-order valence-electron chi connectivity index (χ2n) is 5.38. The summed E-state index contributed by atoms with van der Waals surface area (Å²) in [4.78, 5) is 15.8. The van der Waals surface area contributed by atoms with Gasteiger partial charge in [-0.05, 0) is 30.7 Å². The summed E-state index contributed by atoms with van der Waals surface area (Å²) in [6.45, 7) is 2.09. The summed E-state index contributed by atoms with van der Waals surface area (Å²) >= 11 is 11.6. The van der Waals surface area contributed by atoms with Crippen molar-refractivity contribution in [1.29, 1.82) is 0 Å². The SMILES string of the molecule is CCOC(=O)c1c(Cc2ccccc2)c(=S)[nH]c2ccc(Cl)cc12. The van der Waals surface area contributed by atoms with Gasteiger partial charge in [0.1, 0.15) is 4.64 Å². The van der Waals surface area contributed by atoms with Crippen molar-refractivity contribution in [2.45, 2.75) is 13.3 Å². The van der Waals surface area contributed by atoms with E-state index in [1.807, 2.05) is 36.4 Å². The molecule has 0 bridgehead atoms. The summed E-state index contributed by atoms with van der Waals surface area (Å²) in [5, 5.41) is 1.28. The van der Waals surface area contributed by atoms with Crippen molar-refractivity contribution in [3.05, 3.63) is 74.9 Å². The third-order valence-electron chi connectivity index (χ3n) is 3.78. The molecule has 0 spiro atoms. The second-order valence-corrected chi connectivity index (χ2v) is 6.23. The van der Waals surface area contributed by atoms with Gasteiger partial charge < -0.3 is 9.72 Å². The highest BCUT2D eigenvalue weighted by Gasteiger charge is 2.19. The van der Waals surface area contributed by atoms with Crippen molar-refractivity contribution < 1.29 is 9.53 Å². The summed E-state index contributed by atoms with van der Waals surface area (Å²) in [5.41, 5.74) is 3.08. The maximum absolute atomic E-state index is 12.6. The van der Waals surface area contributed by atoms with Gasteiger partial charge in [-0.1, -0.05) is 54.2 Å². The normalized spacial score (nSPS) is 10.8. The monoisotopic (exact) mass is 357 g/mol. The fourth-order valence-electron chi connectivity index (χ4n) is 2.71. The molecular formula is C19H16ClNO2S. The standard InChI is InChI=1S/C19H16ClNO2S/c1-2-23-19(22)17-14-11-13(20)8-9-16(14)21-18(24)15(17)10-12-6-4-3-5-7-12/h3-9,11H,2,10H2,1H3,(H,21,24). The third-order valence-corrected chi connectivity index (χ3v) is 4.36. The van der Waals surface area contributed by atoms with Gasteiger partial charge in [-0.25, -0.2) is 4.79 Å². The van der Waals surface area contributed by atoms with Crippen LogP contribution in [0.15, 0.2) is 48.5 Å². The lowest BCUT2D eigenvalue weighted by atomic mass is 9.98. The Labute approximate surface area is 150 Å². The molecule has 3 nitrogen and oxygen atoms in total. The van der Waals surface area contributed by atoms with Crippen molar-refractivity contribution in [3.63, 3.8) is 0 Å². The Morgan fingerprint density at radius 1 is 1.21 bits per heavy atom. The number of benzene rings is 2. The molecule has 0 fully saturated rings. The van der Waals surface area contributed by atoms with E-state index >= 15 is 0 Å². The first kappa shape index (κ1) is 16.7. The van der Waals surface area contributed by atoms with Gasteiger partial charge in [0.25, 0.3) is 0 Å². The van der Waals surface area contributed by atoms with Gasteiger partial charge in [0.05, 0.1) is 12.2 Å². The molecule has 1 heterocycles. The van der Waals surface area contributed by atoms with Crippen molar-refractivity contribution in [1.82, 2.24) is 4.98 Å². The fourth-order valence-corrected chi connectivity index (χ4v) is 3.17. The molecule has 0 radical (unpaired) electrons. The number of aromatic amines is 1. The van der Waals surface area contributed by atoms with Gasteiger partial charge in [-0.3, -0.25) is 0 Å². The van der Waals surface area contributed by atoms with Gasteiger partial charge >= 0.3 is 5.97 Å². The number of fused-ring (bicyclic) bond motifs is 1. The summed E-state index contributed by atoms with van der Waals surface area (Å²) in [5.74, 6) is -0.379. The predicted molar refractivity (Wildman–Crippen MR) is 99.3 cm³/mol. The van der Waals surface area contributed by atoms with Gasteiger partial charge in [0, 0.05) is 27.9 Å². The molecule has 0 unspecified atom stereocenters. The molecule has 24 heavy (non-hydrogen) atoms. The molecule has 0 aliphatic carbocycles. The lowest BCUT2D eigenvalue weighted by Crippen LogP contribution is -2.11. The van der Waals surface area contributed by atoms with Crippen LogP contribution < -0.4 is 0 Å². The summed E-state index contributed by atoms with van der Waals surface area (Å²) < 4.78 is 5.81. The molecule has 0 atom stereocenters. The highest BCUT2D eigenvalue weighted by molar-refractivity contribution is 7.71. The first-order chi connectivity index (χ1) is 11.6. The highest BCUT2D eigenvalue weighted by Crippen LogP contribution is 2.27. The zero-order chi connectivity index (χ0) is 17.1. The Balaban J connectivity index is 2.26. The number of nitrogens with one attached hydrogen (secondary N) is 1. The lowest BCUT2D eigenvalue weighted by Gasteiger charge is -2.13. The fraction of sp³-hybridized carbons (Fsp3) is 0.158. The van der Waals surface area contributed by atoms with Crippen molar-refractivity contribution in [3.8, 4) is 0 Å². The van der Waals surface area contributed by atoms with Crippen LogP contribution in [0.25, 0.3) is 10.9 Å². The van der Waals surface area contributed by atoms with Crippen LogP contribution >= 0.6 is 23.8 Å². The molecule has 3 aromatic rings. The first-order valence-corrected chi connectivity index (χ1v) is 8.44. The minimum atomic E-state index is -0.379. The van der Waals surface area contributed by atoms with Crippen LogP contribution in [0.5, 0.6) is 0 Å². The largest absolute Gasteiger partial charge is 0.462 e. The second kappa shape index (κ2) is 7.16. The Hall–Kier alpha value is -2.17. The molecular weight excluding hydrogens is 342 g/mol. The number of hydrogen-bond donors (Lipinski definition) is 1. The number of halogens is 1. The van der Waals surface area contributed by atoms with E-state index in [1.165, 1.54) is 0 Å². The molecule has 0 aliphatic rings. The number of pyridine rings is 1. The van der Waals surface area contributed by atoms with Crippen molar-refractivity contribution in [2.24, 2.45) is 0 Å². The zero-order valence-corrected chi connectivity index (χ0v) is 14.7. The van der Waals surface area contributed by atoms with Crippen LogP contribution in [0.2, 0.25) is 5.02 Å². The molecule has 1 N–H and O–H groups in total. The van der Waals surface area contributed by atoms with Crippen LogP contribution in [0.4, 0.5) is 0 Å². The average Bonchev–Trinajstić information content (AvgIpc) is 2.57. The topological polar surface area (TPSA) is 42.1 Å². The van der Waals surface area contributed by atoms with Crippen LogP contribution in [0, 0.1) is 4.64 Å². The minimum absolute atomic E-state index is 0.303.